The molecular formula is C30H41N5O7. The summed E-state index contributed by atoms with van der Waals surface area (Å²) in [7, 11) is 0. The smallest absolute Gasteiger partial charge is 0.326 e. The van der Waals surface area contributed by atoms with Gasteiger partial charge in [0.1, 0.15) is 17.8 Å². The number of aromatic hydroxyl groups is 1. The molecule has 3 amide bonds. The number of nitrogens with one attached hydrogen (secondary N) is 4. The predicted molar refractivity (Wildman–Crippen MR) is 155 cm³/mol. The Labute approximate surface area is 245 Å². The number of rotatable bonds is 16. The highest BCUT2D eigenvalue weighted by molar-refractivity contribution is 5.91. The molecule has 0 saturated carbocycles. The summed E-state index contributed by atoms with van der Waals surface area (Å²) in [6.45, 7) is 4.26. The Balaban J connectivity index is 1.56. The van der Waals surface area contributed by atoms with E-state index in [0.717, 1.165) is 11.1 Å². The molecule has 3 rings (SSSR count). The number of hydrogen-bond donors (Lipinski definition) is 7. The Morgan fingerprint density at radius 1 is 0.905 bits per heavy atom. The van der Waals surface area contributed by atoms with Gasteiger partial charge in [0.15, 0.2) is 0 Å². The maximum absolute atomic E-state index is 13.1. The molecule has 2 aromatic carbocycles. The Kier molecular flexibility index (Phi) is 11.8. The molecule has 0 aliphatic carbocycles. The van der Waals surface area contributed by atoms with Gasteiger partial charge >= 0.3 is 5.97 Å². The summed E-state index contributed by atoms with van der Waals surface area (Å²) in [6.07, 6.45) is 0.716. The van der Waals surface area contributed by atoms with Gasteiger partial charge in [0, 0.05) is 13.0 Å². The highest BCUT2D eigenvalue weighted by atomic mass is 16.5. The van der Waals surface area contributed by atoms with Crippen molar-refractivity contribution in [3.63, 3.8) is 0 Å². The molecule has 1 heterocycles. The van der Waals surface area contributed by atoms with E-state index in [0.29, 0.717) is 0 Å². The van der Waals surface area contributed by atoms with Gasteiger partial charge in [0.05, 0.1) is 31.3 Å². The fraction of sp³-hybridized carbons (Fsp3) is 0.467. The lowest BCUT2D eigenvalue weighted by atomic mass is 9.96. The zero-order valence-corrected chi connectivity index (χ0v) is 24.0. The molecule has 0 bridgehead atoms. The summed E-state index contributed by atoms with van der Waals surface area (Å²) in [5, 5.41) is 30.2. The third kappa shape index (κ3) is 10.1. The largest absolute Gasteiger partial charge is 0.508 e. The van der Waals surface area contributed by atoms with Gasteiger partial charge in [-0.1, -0.05) is 56.3 Å². The molecule has 8 N–H and O–H groups in total. The van der Waals surface area contributed by atoms with Gasteiger partial charge in [-0.3, -0.25) is 19.7 Å². The Bertz CT molecular complexity index is 1200. The number of carbonyl (C=O) groups is 4. The van der Waals surface area contributed by atoms with Crippen LogP contribution in [0.15, 0.2) is 54.6 Å². The first-order valence-corrected chi connectivity index (χ1v) is 14.0. The Morgan fingerprint density at radius 3 is 2.12 bits per heavy atom. The molecule has 1 fully saturated rings. The third-order valence-corrected chi connectivity index (χ3v) is 6.97. The standard InChI is InChI=1S/C30H41N5O7/c1-19(2)12-25(29(40)41)35-28(39)24(14-20-6-4-3-5-7-20)34-26(37)15-33-30(17-42-18-30)16-32-27(38)23(31)13-21-8-10-22(36)11-9-21/h3-11,19,23-25,33,36H,12-18,31H2,1-2H3,(H,32,38)(H,34,37)(H,35,39)(H,40,41)/t23-,24-,25-/m0/s1. The molecule has 0 radical (unpaired) electrons. The average molecular weight is 584 g/mol. The normalized spacial score (nSPS) is 16.0. The maximum Gasteiger partial charge on any atom is 0.326 e. The van der Waals surface area contributed by atoms with Crippen LogP contribution in [0.1, 0.15) is 31.4 Å². The molecule has 228 valence electrons. The highest BCUT2D eigenvalue weighted by Gasteiger charge is 2.39. The second kappa shape index (κ2) is 15.3. The van der Waals surface area contributed by atoms with Crippen LogP contribution in [-0.2, 0) is 36.8 Å². The van der Waals surface area contributed by atoms with Crippen molar-refractivity contribution in [2.24, 2.45) is 11.7 Å². The van der Waals surface area contributed by atoms with E-state index in [1.54, 1.807) is 12.1 Å². The predicted octanol–water partition coefficient (Wildman–Crippen LogP) is 0.0798. The molecule has 0 unspecified atom stereocenters. The van der Waals surface area contributed by atoms with Gasteiger partial charge in [-0.15, -0.1) is 0 Å². The van der Waals surface area contributed by atoms with E-state index >= 15 is 0 Å². The van der Waals surface area contributed by atoms with Gasteiger partial charge in [-0.05, 0) is 42.0 Å². The molecular weight excluding hydrogens is 542 g/mol. The average Bonchev–Trinajstić information content (AvgIpc) is 2.92. The van der Waals surface area contributed by atoms with Crippen LogP contribution >= 0.6 is 0 Å². The molecule has 0 aromatic heterocycles. The van der Waals surface area contributed by atoms with Crippen LogP contribution in [0.3, 0.4) is 0 Å². The fourth-order valence-corrected chi connectivity index (χ4v) is 4.52. The molecule has 1 aliphatic heterocycles. The number of phenols is 1. The zero-order chi connectivity index (χ0) is 30.7. The molecule has 12 nitrogen and oxygen atoms in total. The fourth-order valence-electron chi connectivity index (χ4n) is 4.52. The van der Waals surface area contributed by atoms with Gasteiger partial charge < -0.3 is 36.6 Å². The summed E-state index contributed by atoms with van der Waals surface area (Å²) in [5.74, 6) is -2.39. The first-order valence-electron chi connectivity index (χ1n) is 14.0. The number of phenolic OH excluding ortho intramolecular Hbond substituents is 1. The number of carboxylic acids is 1. The monoisotopic (exact) mass is 583 g/mol. The first-order chi connectivity index (χ1) is 20.0. The summed E-state index contributed by atoms with van der Waals surface area (Å²) in [6, 6.07) is 12.7. The minimum Gasteiger partial charge on any atom is -0.508 e. The number of benzene rings is 2. The van der Waals surface area contributed by atoms with Crippen molar-refractivity contribution in [2.45, 2.75) is 56.8 Å². The number of ether oxygens (including phenoxy) is 1. The van der Waals surface area contributed by atoms with Gasteiger partial charge in [0.2, 0.25) is 17.7 Å². The number of carboxylic acid groups (broad SMARTS) is 1. The van der Waals surface area contributed by atoms with Gasteiger partial charge in [-0.2, -0.15) is 0 Å². The van der Waals surface area contributed by atoms with Crippen LogP contribution in [0, 0.1) is 5.92 Å². The maximum atomic E-state index is 13.1. The number of carbonyl (C=O) groups excluding carboxylic acids is 3. The van der Waals surface area contributed by atoms with E-state index in [9.17, 15) is 29.4 Å². The van der Waals surface area contributed by atoms with E-state index < -0.39 is 41.4 Å². The van der Waals surface area contributed by atoms with Crippen molar-refractivity contribution in [2.75, 3.05) is 26.3 Å². The second-order valence-corrected chi connectivity index (χ2v) is 11.2. The lowest BCUT2D eigenvalue weighted by molar-refractivity contribution is -0.142. The van der Waals surface area contributed by atoms with Crippen LogP contribution in [0.4, 0.5) is 0 Å². The first kappa shape index (κ1) is 32.5. The van der Waals surface area contributed by atoms with E-state index in [4.69, 9.17) is 10.5 Å². The third-order valence-electron chi connectivity index (χ3n) is 6.97. The van der Waals surface area contributed by atoms with Crippen molar-refractivity contribution >= 4 is 23.7 Å². The molecule has 1 saturated heterocycles. The van der Waals surface area contributed by atoms with Gasteiger partial charge in [-0.25, -0.2) is 4.79 Å². The Hall–Kier alpha value is -4.00. The second-order valence-electron chi connectivity index (χ2n) is 11.2. The van der Waals surface area contributed by atoms with E-state index in [-0.39, 0.29) is 63.1 Å². The molecule has 42 heavy (non-hydrogen) atoms. The van der Waals surface area contributed by atoms with E-state index in [1.807, 2.05) is 44.2 Å². The van der Waals surface area contributed by atoms with Crippen molar-refractivity contribution < 1.29 is 34.1 Å². The number of aliphatic carboxylic acids is 1. The summed E-state index contributed by atoms with van der Waals surface area (Å²) >= 11 is 0. The number of nitrogens with two attached hydrogens (primary N) is 1. The Morgan fingerprint density at radius 2 is 1.55 bits per heavy atom. The lowest BCUT2D eigenvalue weighted by Gasteiger charge is -2.42. The lowest BCUT2D eigenvalue weighted by Crippen LogP contribution is -2.68. The van der Waals surface area contributed by atoms with Crippen LogP contribution in [0.2, 0.25) is 0 Å². The SMILES string of the molecule is CC(C)C[C@H](NC(=O)[C@H](Cc1ccccc1)NC(=O)CNC1(CNC(=O)[C@@H](N)Cc2ccc(O)cc2)COC1)C(=O)O. The molecule has 1 aliphatic rings. The van der Waals surface area contributed by atoms with Crippen molar-refractivity contribution in [3.05, 3.63) is 65.7 Å². The van der Waals surface area contributed by atoms with Crippen LogP contribution < -0.4 is 27.0 Å². The minimum atomic E-state index is -1.14. The van der Waals surface area contributed by atoms with Gasteiger partial charge in [0.25, 0.3) is 0 Å². The zero-order valence-electron chi connectivity index (χ0n) is 24.0. The molecule has 12 heteroatoms. The highest BCUT2D eigenvalue weighted by Crippen LogP contribution is 2.16. The topological polar surface area (TPSA) is 192 Å². The summed E-state index contributed by atoms with van der Waals surface area (Å²) < 4.78 is 5.35. The van der Waals surface area contributed by atoms with Crippen molar-refractivity contribution in [1.29, 1.82) is 0 Å². The van der Waals surface area contributed by atoms with Crippen molar-refractivity contribution in [1.82, 2.24) is 21.3 Å². The number of amides is 3. The van der Waals surface area contributed by atoms with Crippen LogP contribution in [0.25, 0.3) is 0 Å². The molecule has 3 atom stereocenters. The number of hydrogen-bond acceptors (Lipinski definition) is 8. The van der Waals surface area contributed by atoms with Crippen LogP contribution in [-0.4, -0.2) is 83.9 Å². The van der Waals surface area contributed by atoms with Crippen molar-refractivity contribution in [3.8, 4) is 5.75 Å². The quantitative estimate of drug-likeness (QED) is 0.143. The van der Waals surface area contributed by atoms with E-state index in [1.165, 1.54) is 12.1 Å². The van der Waals surface area contributed by atoms with E-state index in [2.05, 4.69) is 21.3 Å². The summed E-state index contributed by atoms with van der Waals surface area (Å²) in [4.78, 5) is 50.4. The minimum absolute atomic E-state index is 0.0431. The summed E-state index contributed by atoms with van der Waals surface area (Å²) in [5.41, 5.74) is 6.98. The molecule has 2 aromatic rings. The molecule has 0 spiro atoms. The van der Waals surface area contributed by atoms with Crippen LogP contribution in [0.5, 0.6) is 5.75 Å².